The highest BCUT2D eigenvalue weighted by Crippen LogP contribution is 2.29. The van der Waals surface area contributed by atoms with Crippen molar-refractivity contribution in [2.45, 2.75) is 11.3 Å². The Morgan fingerprint density at radius 3 is 2.81 bits per heavy atom. The van der Waals surface area contributed by atoms with Crippen molar-refractivity contribution in [3.63, 3.8) is 0 Å². The number of nitrogens with one attached hydrogen (secondary N) is 1. The Morgan fingerprint density at radius 1 is 1.07 bits per heavy atom. The molecular weight excluding hydrogens is 360 g/mol. The number of rotatable bonds is 5. The Labute approximate surface area is 161 Å². The van der Waals surface area contributed by atoms with Gasteiger partial charge in [0.1, 0.15) is 0 Å². The first-order valence-electron chi connectivity index (χ1n) is 8.67. The fraction of sp³-hybridized carbons (Fsp3) is 0.143. The normalized spacial score (nSPS) is 12.7. The molecule has 2 aromatic carbocycles. The van der Waals surface area contributed by atoms with E-state index in [1.165, 1.54) is 23.6 Å². The second-order valence-electron chi connectivity index (χ2n) is 6.17. The summed E-state index contributed by atoms with van der Waals surface area (Å²) in [5.41, 5.74) is 2.90. The van der Waals surface area contributed by atoms with Gasteiger partial charge in [-0.1, -0.05) is 24.3 Å². The maximum Gasteiger partial charge on any atom is 0.291 e. The van der Waals surface area contributed by atoms with Gasteiger partial charge >= 0.3 is 0 Å². The molecule has 3 aromatic rings. The second kappa shape index (κ2) is 7.72. The van der Waals surface area contributed by atoms with Crippen LogP contribution < -0.4 is 10.2 Å². The van der Waals surface area contributed by atoms with Gasteiger partial charge in [0.2, 0.25) is 5.91 Å². The highest BCUT2D eigenvalue weighted by Gasteiger charge is 2.23. The lowest BCUT2D eigenvalue weighted by Crippen LogP contribution is -2.30. The molecule has 27 heavy (non-hydrogen) atoms. The van der Waals surface area contributed by atoms with E-state index in [-0.39, 0.29) is 17.6 Å². The van der Waals surface area contributed by atoms with E-state index >= 15 is 0 Å². The van der Waals surface area contributed by atoms with Crippen molar-refractivity contribution >= 4 is 35.0 Å². The fourth-order valence-electron chi connectivity index (χ4n) is 3.08. The summed E-state index contributed by atoms with van der Waals surface area (Å²) in [5, 5.41) is 2.80. The molecule has 5 nitrogen and oxygen atoms in total. The van der Waals surface area contributed by atoms with Crippen molar-refractivity contribution < 1.29 is 14.0 Å². The van der Waals surface area contributed by atoms with Crippen molar-refractivity contribution in [2.24, 2.45) is 0 Å². The number of thioether (sulfide) groups is 1. The maximum atomic E-state index is 12.6. The largest absolute Gasteiger partial charge is 0.459 e. The van der Waals surface area contributed by atoms with Crippen LogP contribution in [-0.2, 0) is 11.2 Å². The summed E-state index contributed by atoms with van der Waals surface area (Å²) in [6.45, 7) is 0.734. The smallest absolute Gasteiger partial charge is 0.291 e. The highest BCUT2D eigenvalue weighted by molar-refractivity contribution is 8.00. The van der Waals surface area contributed by atoms with Crippen molar-refractivity contribution in [2.75, 3.05) is 22.5 Å². The molecule has 0 aliphatic carbocycles. The van der Waals surface area contributed by atoms with Crippen LogP contribution in [0, 0.1) is 0 Å². The number of hydrogen-bond donors (Lipinski definition) is 1. The number of hydrogen-bond acceptors (Lipinski definition) is 4. The number of nitrogens with zero attached hydrogens (tertiary/aromatic N) is 1. The van der Waals surface area contributed by atoms with Crippen molar-refractivity contribution in [3.8, 4) is 0 Å². The predicted octanol–water partition coefficient (Wildman–Crippen LogP) is 4.21. The lowest BCUT2D eigenvalue weighted by Gasteiger charge is -2.17. The molecule has 0 saturated carbocycles. The summed E-state index contributed by atoms with van der Waals surface area (Å²) in [5.74, 6) is 0.405. The van der Waals surface area contributed by atoms with E-state index in [1.807, 2.05) is 47.4 Å². The molecule has 0 fully saturated rings. The Morgan fingerprint density at radius 2 is 1.96 bits per heavy atom. The Hall–Kier alpha value is -2.99. The number of anilines is 2. The minimum atomic E-state index is -0.299. The maximum absolute atomic E-state index is 12.6. The zero-order chi connectivity index (χ0) is 18.6. The molecule has 1 aliphatic heterocycles. The first-order valence-corrected chi connectivity index (χ1v) is 9.65. The number of fused-ring (bicyclic) bond motifs is 1. The second-order valence-corrected chi connectivity index (χ2v) is 7.22. The Bertz CT molecular complexity index is 969. The van der Waals surface area contributed by atoms with Gasteiger partial charge in [-0.05, 0) is 48.4 Å². The van der Waals surface area contributed by atoms with Crippen molar-refractivity contribution in [1.82, 2.24) is 0 Å². The van der Waals surface area contributed by atoms with Gasteiger partial charge in [0, 0.05) is 22.8 Å². The molecule has 0 bridgehead atoms. The zero-order valence-corrected chi connectivity index (χ0v) is 15.4. The van der Waals surface area contributed by atoms with E-state index in [2.05, 4.69) is 11.4 Å². The average molecular weight is 378 g/mol. The predicted molar refractivity (Wildman–Crippen MR) is 106 cm³/mol. The first-order chi connectivity index (χ1) is 13.2. The van der Waals surface area contributed by atoms with Crippen LogP contribution in [0.1, 0.15) is 16.1 Å². The standard InChI is InChI=1S/C21H18N2O3S/c24-20(23-11-10-15-5-1-2-8-18(15)23)14-27-17-7-3-6-16(13-17)22-21(25)19-9-4-12-26-19/h1-9,12-13H,10-11,14H2,(H,22,25). The van der Waals surface area contributed by atoms with Gasteiger partial charge < -0.3 is 14.6 Å². The van der Waals surface area contributed by atoms with Crippen LogP contribution in [0.25, 0.3) is 0 Å². The molecule has 0 unspecified atom stereocenters. The van der Waals surface area contributed by atoms with Crippen LogP contribution in [0.5, 0.6) is 0 Å². The summed E-state index contributed by atoms with van der Waals surface area (Å²) in [4.78, 5) is 27.5. The van der Waals surface area contributed by atoms with E-state index in [0.717, 1.165) is 23.5 Å². The molecule has 136 valence electrons. The first kappa shape index (κ1) is 17.4. The van der Waals surface area contributed by atoms with Gasteiger partial charge in [0.25, 0.3) is 5.91 Å². The Balaban J connectivity index is 1.38. The molecule has 0 saturated heterocycles. The monoisotopic (exact) mass is 378 g/mol. The van der Waals surface area contributed by atoms with Gasteiger partial charge in [-0.2, -0.15) is 0 Å². The van der Waals surface area contributed by atoms with Crippen molar-refractivity contribution in [3.05, 3.63) is 78.3 Å². The highest BCUT2D eigenvalue weighted by atomic mass is 32.2. The van der Waals surface area contributed by atoms with Gasteiger partial charge in [-0.25, -0.2) is 0 Å². The van der Waals surface area contributed by atoms with Crippen LogP contribution in [0.3, 0.4) is 0 Å². The van der Waals surface area contributed by atoms with E-state index in [4.69, 9.17) is 4.42 Å². The number of carbonyl (C=O) groups excluding carboxylic acids is 2. The van der Waals surface area contributed by atoms with E-state index in [1.54, 1.807) is 12.1 Å². The number of furan rings is 1. The lowest BCUT2D eigenvalue weighted by atomic mass is 10.2. The number of para-hydroxylation sites is 1. The third-order valence-corrected chi connectivity index (χ3v) is 5.37. The van der Waals surface area contributed by atoms with Crippen LogP contribution in [-0.4, -0.2) is 24.1 Å². The third-order valence-electron chi connectivity index (χ3n) is 4.39. The molecular formula is C21H18N2O3S. The molecule has 6 heteroatoms. The molecule has 0 radical (unpaired) electrons. The van der Waals surface area contributed by atoms with Gasteiger partial charge in [-0.3, -0.25) is 9.59 Å². The third kappa shape index (κ3) is 3.90. The van der Waals surface area contributed by atoms with Crippen LogP contribution in [0.2, 0.25) is 0 Å². The molecule has 1 aliphatic rings. The minimum Gasteiger partial charge on any atom is -0.459 e. The topological polar surface area (TPSA) is 62.6 Å². The molecule has 0 atom stereocenters. The molecule has 1 N–H and O–H groups in total. The lowest BCUT2D eigenvalue weighted by molar-refractivity contribution is -0.116. The molecule has 1 aromatic heterocycles. The summed E-state index contributed by atoms with van der Waals surface area (Å²) in [6, 6.07) is 18.8. The SMILES string of the molecule is O=C(Nc1cccc(SCC(=O)N2CCc3ccccc32)c1)c1ccco1. The Kier molecular flexibility index (Phi) is 4.98. The van der Waals surface area contributed by atoms with Gasteiger partial charge in [0.05, 0.1) is 12.0 Å². The van der Waals surface area contributed by atoms with E-state index in [9.17, 15) is 9.59 Å². The number of benzene rings is 2. The van der Waals surface area contributed by atoms with E-state index < -0.39 is 0 Å². The zero-order valence-electron chi connectivity index (χ0n) is 14.6. The average Bonchev–Trinajstić information content (AvgIpc) is 3.36. The molecule has 2 heterocycles. The van der Waals surface area contributed by atoms with Crippen LogP contribution >= 0.6 is 11.8 Å². The number of carbonyl (C=O) groups is 2. The molecule has 0 spiro atoms. The summed E-state index contributed by atoms with van der Waals surface area (Å²) in [7, 11) is 0. The summed E-state index contributed by atoms with van der Waals surface area (Å²) in [6.07, 6.45) is 2.37. The molecule has 2 amide bonds. The minimum absolute atomic E-state index is 0.0926. The van der Waals surface area contributed by atoms with Gasteiger partial charge in [-0.15, -0.1) is 11.8 Å². The number of amides is 2. The van der Waals surface area contributed by atoms with Crippen LogP contribution in [0.4, 0.5) is 11.4 Å². The van der Waals surface area contributed by atoms with Crippen LogP contribution in [0.15, 0.2) is 76.2 Å². The quantitative estimate of drug-likeness (QED) is 0.676. The fourth-order valence-corrected chi connectivity index (χ4v) is 3.92. The molecule has 4 rings (SSSR count). The summed E-state index contributed by atoms with van der Waals surface area (Å²) < 4.78 is 5.09. The van der Waals surface area contributed by atoms with E-state index in [0.29, 0.717) is 11.4 Å². The summed E-state index contributed by atoms with van der Waals surface area (Å²) >= 11 is 1.46. The van der Waals surface area contributed by atoms with Gasteiger partial charge in [0.15, 0.2) is 5.76 Å². The van der Waals surface area contributed by atoms with Crippen molar-refractivity contribution in [1.29, 1.82) is 0 Å².